The van der Waals surface area contributed by atoms with Gasteiger partial charge >= 0.3 is 0 Å². The van der Waals surface area contributed by atoms with Crippen molar-refractivity contribution in [2.24, 2.45) is 0 Å². The first kappa shape index (κ1) is 15.5. The van der Waals surface area contributed by atoms with E-state index in [0.29, 0.717) is 24.0 Å². The molecular formula is C17H19N7O. The van der Waals surface area contributed by atoms with Gasteiger partial charge in [-0.15, -0.1) is 0 Å². The van der Waals surface area contributed by atoms with Crippen LogP contribution >= 0.6 is 0 Å². The van der Waals surface area contributed by atoms with Crippen molar-refractivity contribution in [3.63, 3.8) is 0 Å². The largest absolute Gasteiger partial charge is 0.393 e. The lowest BCUT2D eigenvalue weighted by Gasteiger charge is -2.30. The van der Waals surface area contributed by atoms with Crippen molar-refractivity contribution in [2.45, 2.75) is 31.4 Å². The molecule has 1 saturated carbocycles. The Kier molecular flexibility index (Phi) is 4.02. The number of benzene rings is 1. The Balaban J connectivity index is 1.44. The molecule has 8 heteroatoms. The molecule has 1 aliphatic rings. The van der Waals surface area contributed by atoms with Crippen LogP contribution in [-0.2, 0) is 6.54 Å². The summed E-state index contributed by atoms with van der Waals surface area (Å²) in [6.07, 6.45) is 1.21. The summed E-state index contributed by atoms with van der Waals surface area (Å²) in [6.45, 7) is 0.447. The highest BCUT2D eigenvalue weighted by Crippen LogP contribution is 2.36. The lowest BCUT2D eigenvalue weighted by molar-refractivity contribution is 0.0732. The molecule has 5 N–H and O–H groups in total. The van der Waals surface area contributed by atoms with Gasteiger partial charge < -0.3 is 16.2 Å². The quantitative estimate of drug-likeness (QED) is 0.558. The van der Waals surface area contributed by atoms with E-state index in [1.807, 2.05) is 36.4 Å². The normalized spacial score (nSPS) is 19.4. The van der Waals surface area contributed by atoms with Crippen molar-refractivity contribution in [3.8, 4) is 11.4 Å². The van der Waals surface area contributed by atoms with E-state index in [1.54, 1.807) is 0 Å². The van der Waals surface area contributed by atoms with Crippen LogP contribution in [0.1, 0.15) is 30.3 Å². The van der Waals surface area contributed by atoms with E-state index in [4.69, 9.17) is 5.73 Å². The second-order valence-electron chi connectivity index (χ2n) is 6.18. The molecule has 1 aromatic carbocycles. The van der Waals surface area contributed by atoms with Gasteiger partial charge in [-0.05, 0) is 12.8 Å². The van der Waals surface area contributed by atoms with Gasteiger partial charge in [0.15, 0.2) is 5.82 Å². The van der Waals surface area contributed by atoms with Gasteiger partial charge in [0.25, 0.3) is 0 Å². The van der Waals surface area contributed by atoms with Crippen LogP contribution < -0.4 is 11.1 Å². The summed E-state index contributed by atoms with van der Waals surface area (Å²) < 4.78 is 0. The summed E-state index contributed by atoms with van der Waals surface area (Å²) in [4.78, 5) is 12.9. The topological polar surface area (TPSA) is 126 Å². The Hall–Kier alpha value is -3.00. The van der Waals surface area contributed by atoms with Crippen LogP contribution in [0.5, 0.6) is 0 Å². The molecule has 0 unspecified atom stereocenters. The molecule has 0 radical (unpaired) electrons. The highest BCUT2D eigenvalue weighted by Gasteiger charge is 2.30. The lowest BCUT2D eigenvalue weighted by atomic mass is 9.80. The lowest BCUT2D eigenvalue weighted by Crippen LogP contribution is -2.27. The molecule has 3 aromatic rings. The van der Waals surface area contributed by atoms with Crippen LogP contribution in [-0.4, -0.2) is 36.4 Å². The first-order valence-corrected chi connectivity index (χ1v) is 8.20. The van der Waals surface area contributed by atoms with Crippen molar-refractivity contribution in [3.05, 3.63) is 47.9 Å². The van der Waals surface area contributed by atoms with Gasteiger partial charge in [0.1, 0.15) is 11.6 Å². The van der Waals surface area contributed by atoms with Gasteiger partial charge in [-0.3, -0.25) is 5.10 Å². The van der Waals surface area contributed by atoms with Gasteiger partial charge in [0, 0.05) is 17.5 Å². The molecule has 0 bridgehead atoms. The summed E-state index contributed by atoms with van der Waals surface area (Å²) in [5, 5.41) is 19.8. The van der Waals surface area contributed by atoms with Gasteiger partial charge in [-0.2, -0.15) is 10.1 Å². The van der Waals surface area contributed by atoms with Crippen molar-refractivity contribution in [1.29, 1.82) is 0 Å². The molecule has 8 nitrogen and oxygen atoms in total. The van der Waals surface area contributed by atoms with E-state index in [-0.39, 0.29) is 18.0 Å². The van der Waals surface area contributed by atoms with Crippen LogP contribution in [0.15, 0.2) is 36.4 Å². The molecule has 2 heterocycles. The van der Waals surface area contributed by atoms with Crippen LogP contribution in [0.2, 0.25) is 0 Å². The third kappa shape index (κ3) is 3.43. The zero-order valence-electron chi connectivity index (χ0n) is 13.6. The minimum atomic E-state index is -0.233. The summed E-state index contributed by atoms with van der Waals surface area (Å²) in [5.41, 5.74) is 7.62. The Morgan fingerprint density at radius 1 is 1.16 bits per heavy atom. The maximum absolute atomic E-state index is 9.46. The minimum absolute atomic E-state index is 0.226. The number of aliphatic hydroxyl groups is 1. The number of H-pyrrole nitrogens is 1. The third-order valence-corrected chi connectivity index (χ3v) is 4.30. The number of anilines is 2. The minimum Gasteiger partial charge on any atom is -0.393 e. The average Bonchev–Trinajstić information content (AvgIpc) is 3.06. The Morgan fingerprint density at radius 3 is 2.72 bits per heavy atom. The number of nitrogens with zero attached hydrogens (tertiary/aromatic N) is 4. The van der Waals surface area contributed by atoms with Crippen molar-refractivity contribution >= 4 is 11.8 Å². The third-order valence-electron chi connectivity index (χ3n) is 4.30. The van der Waals surface area contributed by atoms with E-state index in [2.05, 4.69) is 30.5 Å². The summed E-state index contributed by atoms with van der Waals surface area (Å²) in [7, 11) is 0. The standard InChI is InChI=1S/C17H19N7O/c18-17-20-13(11-6-12(25)7-11)8-14(22-17)19-9-15-21-16(24-23-15)10-4-2-1-3-5-10/h1-5,8,11-12,25H,6-7,9H2,(H,21,23,24)(H3,18,19,20,22). The zero-order valence-corrected chi connectivity index (χ0v) is 13.6. The summed E-state index contributed by atoms with van der Waals surface area (Å²) in [5.74, 6) is 2.47. The van der Waals surface area contributed by atoms with Gasteiger partial charge in [-0.1, -0.05) is 30.3 Å². The number of nitrogens with two attached hydrogens (primary N) is 1. The van der Waals surface area contributed by atoms with Crippen molar-refractivity contribution in [2.75, 3.05) is 11.1 Å². The van der Waals surface area contributed by atoms with Crippen molar-refractivity contribution in [1.82, 2.24) is 25.1 Å². The molecule has 1 fully saturated rings. The number of nitrogen functional groups attached to an aromatic ring is 1. The van der Waals surface area contributed by atoms with Crippen LogP contribution in [0.25, 0.3) is 11.4 Å². The van der Waals surface area contributed by atoms with Gasteiger partial charge in [0.05, 0.1) is 18.3 Å². The van der Waals surface area contributed by atoms with E-state index in [1.165, 1.54) is 0 Å². The maximum Gasteiger partial charge on any atom is 0.222 e. The fourth-order valence-electron chi connectivity index (χ4n) is 2.88. The predicted octanol–water partition coefficient (Wildman–Crippen LogP) is 1.69. The Bertz CT molecular complexity index is 858. The first-order valence-electron chi connectivity index (χ1n) is 8.20. The predicted molar refractivity (Wildman–Crippen MR) is 93.6 cm³/mol. The zero-order chi connectivity index (χ0) is 17.2. The van der Waals surface area contributed by atoms with Gasteiger partial charge in [0.2, 0.25) is 5.95 Å². The molecule has 0 atom stereocenters. The van der Waals surface area contributed by atoms with Crippen LogP contribution in [0.3, 0.4) is 0 Å². The molecule has 0 aliphatic heterocycles. The SMILES string of the molecule is Nc1nc(NCc2nc(-c3ccccc3)n[nH]2)cc(C2CC(O)C2)n1. The molecule has 0 saturated heterocycles. The smallest absolute Gasteiger partial charge is 0.222 e. The number of aliphatic hydroxyl groups excluding tert-OH is 1. The highest BCUT2D eigenvalue weighted by molar-refractivity contribution is 5.54. The fraction of sp³-hybridized carbons (Fsp3) is 0.294. The van der Waals surface area contributed by atoms with E-state index in [0.717, 1.165) is 24.1 Å². The number of hydrogen-bond acceptors (Lipinski definition) is 7. The van der Waals surface area contributed by atoms with Crippen LogP contribution in [0, 0.1) is 0 Å². The number of nitrogens with one attached hydrogen (secondary N) is 2. The average molecular weight is 337 g/mol. The molecule has 2 aromatic heterocycles. The van der Waals surface area contributed by atoms with E-state index in [9.17, 15) is 5.11 Å². The summed E-state index contributed by atoms with van der Waals surface area (Å²) >= 11 is 0. The molecular weight excluding hydrogens is 318 g/mol. The Morgan fingerprint density at radius 2 is 1.96 bits per heavy atom. The fourth-order valence-corrected chi connectivity index (χ4v) is 2.88. The van der Waals surface area contributed by atoms with E-state index < -0.39 is 0 Å². The number of aromatic amines is 1. The first-order chi connectivity index (χ1) is 12.2. The number of aromatic nitrogens is 5. The molecule has 25 heavy (non-hydrogen) atoms. The summed E-state index contributed by atoms with van der Waals surface area (Å²) in [6, 6.07) is 11.7. The van der Waals surface area contributed by atoms with Crippen LogP contribution in [0.4, 0.5) is 11.8 Å². The highest BCUT2D eigenvalue weighted by atomic mass is 16.3. The van der Waals surface area contributed by atoms with E-state index >= 15 is 0 Å². The second-order valence-corrected chi connectivity index (χ2v) is 6.18. The Labute approximate surface area is 144 Å². The van der Waals surface area contributed by atoms with Gasteiger partial charge in [-0.25, -0.2) is 9.97 Å². The van der Waals surface area contributed by atoms with Crippen molar-refractivity contribution < 1.29 is 5.11 Å². The second kappa shape index (κ2) is 6.48. The molecule has 0 amide bonds. The molecule has 0 spiro atoms. The molecule has 1 aliphatic carbocycles. The number of rotatable bonds is 5. The molecule has 4 rings (SSSR count). The molecule has 128 valence electrons. The number of hydrogen-bond donors (Lipinski definition) is 4. The monoisotopic (exact) mass is 337 g/mol. The maximum atomic E-state index is 9.46.